The molecule has 1 spiro atoms. The van der Waals surface area contributed by atoms with E-state index in [0.717, 1.165) is 0 Å². The van der Waals surface area contributed by atoms with Crippen molar-refractivity contribution in [3.05, 3.63) is 28.8 Å². The van der Waals surface area contributed by atoms with Crippen molar-refractivity contribution >= 4 is 41.5 Å². The van der Waals surface area contributed by atoms with Crippen LogP contribution in [0.25, 0.3) is 0 Å². The Morgan fingerprint density at radius 3 is 2.52 bits per heavy atom. The number of hydrogen-bond acceptors (Lipinski definition) is 6. The number of hydrogen-bond donors (Lipinski definition) is 2. The predicted octanol–water partition coefficient (Wildman–Crippen LogP) is 2.10. The number of likely N-dealkylation sites (N-methyl/N-ethyl adjacent to an activating group) is 1. The Morgan fingerprint density at radius 1 is 1.35 bits per heavy atom. The van der Waals surface area contributed by atoms with Crippen LogP contribution in [0, 0.1) is 5.41 Å². The van der Waals surface area contributed by atoms with Crippen LogP contribution in [0.5, 0.6) is 0 Å². The molecule has 2 aliphatic heterocycles. The second-order valence-electron chi connectivity index (χ2n) is 8.05. The van der Waals surface area contributed by atoms with E-state index >= 15 is 0 Å². The van der Waals surface area contributed by atoms with E-state index in [4.69, 9.17) is 26.2 Å². The van der Waals surface area contributed by atoms with Gasteiger partial charge in [0.2, 0.25) is 5.91 Å². The van der Waals surface area contributed by atoms with Crippen molar-refractivity contribution in [1.29, 1.82) is 0 Å². The van der Waals surface area contributed by atoms with Crippen LogP contribution in [-0.4, -0.2) is 79.0 Å². The van der Waals surface area contributed by atoms with E-state index in [9.17, 15) is 14.4 Å². The average molecular weight is 454 g/mol. The summed E-state index contributed by atoms with van der Waals surface area (Å²) in [6, 6.07) is 4.85. The largest absolute Gasteiger partial charge is 0.483 e. The molecule has 1 atom stereocenters. The molecular weight excluding hydrogens is 426 g/mol. The molecule has 0 saturated carbocycles. The van der Waals surface area contributed by atoms with E-state index < -0.39 is 5.41 Å². The van der Waals surface area contributed by atoms with Gasteiger partial charge < -0.3 is 25.0 Å². The van der Waals surface area contributed by atoms with Crippen LogP contribution in [0.4, 0.5) is 5.69 Å². The fourth-order valence-corrected chi connectivity index (χ4v) is 4.23. The summed E-state index contributed by atoms with van der Waals surface area (Å²) in [5.41, 5.74) is 0.391. The molecule has 2 heterocycles. The molecule has 1 aromatic rings. The summed E-state index contributed by atoms with van der Waals surface area (Å²) in [6.07, 6.45) is 1.79. The minimum Gasteiger partial charge on any atom is -0.483 e. The van der Waals surface area contributed by atoms with Crippen molar-refractivity contribution in [2.75, 3.05) is 39.0 Å². The Kier molecular flexibility index (Phi) is 8.41. The number of nitrogens with one attached hydrogen (secondary N) is 1. The second kappa shape index (κ2) is 10.6. The van der Waals surface area contributed by atoms with Crippen molar-refractivity contribution in [2.24, 2.45) is 5.41 Å². The zero-order valence-corrected chi connectivity index (χ0v) is 18.6. The third-order valence-corrected chi connectivity index (χ3v) is 5.75. The normalized spacial score (nSPS) is 19.5. The first-order chi connectivity index (χ1) is 14.6. The van der Waals surface area contributed by atoms with Gasteiger partial charge in [0.25, 0.3) is 12.4 Å². The quantitative estimate of drug-likeness (QED) is 0.529. The van der Waals surface area contributed by atoms with Gasteiger partial charge in [-0.05, 0) is 45.1 Å². The number of ether oxygens (including phenoxy) is 1. The highest BCUT2D eigenvalue weighted by molar-refractivity contribution is 6.34. The predicted molar refractivity (Wildman–Crippen MR) is 115 cm³/mol. The lowest BCUT2D eigenvalue weighted by Crippen LogP contribution is -2.45. The third-order valence-electron chi connectivity index (χ3n) is 5.42. The lowest BCUT2D eigenvalue weighted by molar-refractivity contribution is -0.150. The number of benzene rings is 1. The number of halogens is 1. The smallest absolute Gasteiger partial charge is 0.312 e. The average Bonchev–Trinajstić information content (AvgIpc) is 2.97. The maximum atomic E-state index is 13.0. The number of nitrogens with zero attached hydrogens (tertiary/aromatic N) is 2. The van der Waals surface area contributed by atoms with Crippen LogP contribution >= 0.6 is 11.6 Å². The third kappa shape index (κ3) is 6.18. The van der Waals surface area contributed by atoms with Crippen LogP contribution < -0.4 is 5.32 Å². The molecule has 1 aromatic carbocycles. The number of esters is 1. The highest BCUT2D eigenvalue weighted by Crippen LogP contribution is 2.43. The monoisotopic (exact) mass is 453 g/mol. The molecule has 3 rings (SSSR count). The fourth-order valence-electron chi connectivity index (χ4n) is 4.03. The van der Waals surface area contributed by atoms with E-state index in [0.29, 0.717) is 55.2 Å². The standard InChI is InChI=1S/C20H26ClN3O4.CH2O2/c1-13(25)22-14-4-5-17(21)16(10-14)18(26)24-8-6-20(7-9-24)11-15(12-23(2)3)28-19(20)27;2-1-3/h4-5,10,15H,6-9,11-12H2,1-3H3,(H,22,25);1H,(H,2,3). The maximum Gasteiger partial charge on any atom is 0.312 e. The summed E-state index contributed by atoms with van der Waals surface area (Å²) >= 11 is 6.22. The number of carbonyl (C=O) groups excluding carboxylic acids is 3. The van der Waals surface area contributed by atoms with Gasteiger partial charge >= 0.3 is 5.97 Å². The number of carbonyl (C=O) groups is 4. The minimum atomic E-state index is -0.487. The lowest BCUT2D eigenvalue weighted by Gasteiger charge is -2.36. The number of amides is 2. The van der Waals surface area contributed by atoms with E-state index in [-0.39, 0.29) is 30.4 Å². The van der Waals surface area contributed by atoms with Crippen LogP contribution in [0.15, 0.2) is 18.2 Å². The Labute approximate surface area is 186 Å². The molecule has 31 heavy (non-hydrogen) atoms. The summed E-state index contributed by atoms with van der Waals surface area (Å²) in [6.45, 7) is 2.82. The van der Waals surface area contributed by atoms with Gasteiger partial charge in [0.15, 0.2) is 0 Å². The summed E-state index contributed by atoms with van der Waals surface area (Å²) in [5.74, 6) is -0.548. The Hall–Kier alpha value is -2.65. The summed E-state index contributed by atoms with van der Waals surface area (Å²) in [4.78, 5) is 48.8. The molecular formula is C21H28ClN3O6. The van der Waals surface area contributed by atoms with Crippen LogP contribution in [0.3, 0.4) is 0 Å². The molecule has 0 radical (unpaired) electrons. The highest BCUT2D eigenvalue weighted by atomic mass is 35.5. The number of anilines is 1. The van der Waals surface area contributed by atoms with Crippen molar-refractivity contribution in [1.82, 2.24) is 9.80 Å². The van der Waals surface area contributed by atoms with Gasteiger partial charge in [-0.15, -0.1) is 0 Å². The molecule has 0 aromatic heterocycles. The van der Waals surface area contributed by atoms with Gasteiger partial charge in [0.05, 0.1) is 16.0 Å². The van der Waals surface area contributed by atoms with Crippen LogP contribution in [0.1, 0.15) is 36.5 Å². The maximum absolute atomic E-state index is 13.0. The van der Waals surface area contributed by atoms with Gasteiger partial charge in [-0.3, -0.25) is 19.2 Å². The Balaban J connectivity index is 0.00000107. The SMILES string of the molecule is CC(=O)Nc1ccc(Cl)c(C(=O)N2CCC3(CC2)CC(CN(C)C)OC3=O)c1.O=CO. The summed E-state index contributed by atoms with van der Waals surface area (Å²) in [5, 5.41) is 9.89. The van der Waals surface area contributed by atoms with Gasteiger partial charge in [0.1, 0.15) is 6.10 Å². The van der Waals surface area contributed by atoms with Crippen molar-refractivity contribution < 1.29 is 29.0 Å². The molecule has 1 unspecified atom stereocenters. The van der Waals surface area contributed by atoms with Crippen molar-refractivity contribution in [2.45, 2.75) is 32.3 Å². The number of piperidine rings is 1. The lowest BCUT2D eigenvalue weighted by atomic mass is 9.76. The number of rotatable bonds is 4. The van der Waals surface area contributed by atoms with Crippen molar-refractivity contribution in [3.8, 4) is 0 Å². The fraction of sp³-hybridized carbons (Fsp3) is 0.524. The Bertz CT molecular complexity index is 836. The van der Waals surface area contributed by atoms with Gasteiger partial charge in [0, 0.05) is 38.7 Å². The summed E-state index contributed by atoms with van der Waals surface area (Å²) < 4.78 is 5.57. The molecule has 2 amide bonds. The molecule has 170 valence electrons. The number of cyclic esters (lactones) is 1. The molecule has 9 nitrogen and oxygen atoms in total. The van der Waals surface area contributed by atoms with Crippen LogP contribution in [0.2, 0.25) is 5.02 Å². The summed E-state index contributed by atoms with van der Waals surface area (Å²) in [7, 11) is 3.91. The first kappa shape index (κ1) is 24.6. The number of carboxylic acid groups (broad SMARTS) is 1. The minimum absolute atomic E-state index is 0.0893. The molecule has 2 N–H and O–H groups in total. The highest BCUT2D eigenvalue weighted by Gasteiger charge is 2.50. The topological polar surface area (TPSA) is 116 Å². The molecule has 0 bridgehead atoms. The van der Waals surface area contributed by atoms with Gasteiger partial charge in [-0.25, -0.2) is 0 Å². The van der Waals surface area contributed by atoms with E-state index in [1.54, 1.807) is 23.1 Å². The number of likely N-dealkylation sites (tertiary alicyclic amines) is 1. The molecule has 10 heteroatoms. The molecule has 2 aliphatic rings. The molecule has 2 saturated heterocycles. The second-order valence-corrected chi connectivity index (χ2v) is 8.45. The van der Waals surface area contributed by atoms with Crippen LogP contribution in [-0.2, 0) is 19.1 Å². The van der Waals surface area contributed by atoms with Gasteiger partial charge in [-0.1, -0.05) is 11.6 Å². The van der Waals surface area contributed by atoms with E-state index in [1.165, 1.54) is 6.92 Å². The molecule has 0 aliphatic carbocycles. The molecule has 2 fully saturated rings. The zero-order chi connectivity index (χ0) is 23.2. The van der Waals surface area contributed by atoms with E-state index in [1.807, 2.05) is 19.0 Å². The first-order valence-electron chi connectivity index (χ1n) is 9.92. The first-order valence-corrected chi connectivity index (χ1v) is 10.3. The van der Waals surface area contributed by atoms with Crippen molar-refractivity contribution in [3.63, 3.8) is 0 Å². The Morgan fingerprint density at radius 2 is 1.97 bits per heavy atom. The van der Waals surface area contributed by atoms with E-state index in [2.05, 4.69) is 5.32 Å². The van der Waals surface area contributed by atoms with Gasteiger partial charge in [-0.2, -0.15) is 0 Å². The zero-order valence-electron chi connectivity index (χ0n) is 17.9.